The summed E-state index contributed by atoms with van der Waals surface area (Å²) in [6, 6.07) is 8.61. The van der Waals surface area contributed by atoms with Crippen molar-refractivity contribution in [2.24, 2.45) is 5.92 Å². The van der Waals surface area contributed by atoms with Crippen molar-refractivity contribution in [3.05, 3.63) is 35.9 Å². The van der Waals surface area contributed by atoms with E-state index in [2.05, 4.69) is 5.32 Å². The highest BCUT2D eigenvalue weighted by atomic mass is 32.2. The Morgan fingerprint density at radius 2 is 2.07 bits per heavy atom. The molecule has 0 spiro atoms. The van der Waals surface area contributed by atoms with Crippen LogP contribution in [0.3, 0.4) is 0 Å². The fraction of sp³-hybridized carbons (Fsp3) is 0.550. The standard InChI is InChI=1S/C20H26N2O5S/c1-12(23)17-15-10-16(28-9-8-21-13(2)24)18(22(15)19(17)25)20(26)27-11-14-6-4-3-5-7-14/h3-7,12,15-18,23H,8-11H2,1-2H3,(H,21,24). The molecule has 3 rings (SSSR count). The summed E-state index contributed by atoms with van der Waals surface area (Å²) in [5, 5.41) is 12.5. The lowest BCUT2D eigenvalue weighted by atomic mass is 9.84. The number of aliphatic hydroxyl groups excluding tert-OH is 1. The number of hydrogen-bond donors (Lipinski definition) is 2. The molecule has 7 nitrogen and oxygen atoms in total. The van der Waals surface area contributed by atoms with Gasteiger partial charge in [-0.05, 0) is 18.9 Å². The zero-order chi connectivity index (χ0) is 20.3. The van der Waals surface area contributed by atoms with Crippen molar-refractivity contribution in [3.8, 4) is 0 Å². The number of aliphatic hydroxyl groups is 1. The molecular formula is C20H26N2O5S. The maximum Gasteiger partial charge on any atom is 0.330 e. The van der Waals surface area contributed by atoms with Crippen LogP contribution >= 0.6 is 11.8 Å². The predicted molar refractivity (Wildman–Crippen MR) is 105 cm³/mol. The highest BCUT2D eigenvalue weighted by Crippen LogP contribution is 2.45. The molecule has 2 saturated heterocycles. The zero-order valence-corrected chi connectivity index (χ0v) is 16.9. The van der Waals surface area contributed by atoms with Gasteiger partial charge in [-0.3, -0.25) is 9.59 Å². The maximum atomic E-state index is 12.8. The Morgan fingerprint density at radius 3 is 2.71 bits per heavy atom. The number of β-lactam (4-membered cyclic amide) rings is 1. The number of ether oxygens (including phenoxy) is 1. The predicted octanol–water partition coefficient (Wildman–Crippen LogP) is 0.948. The number of esters is 1. The lowest BCUT2D eigenvalue weighted by molar-refractivity contribution is -0.172. The van der Waals surface area contributed by atoms with Gasteiger partial charge in [0.2, 0.25) is 11.8 Å². The van der Waals surface area contributed by atoms with E-state index in [1.165, 1.54) is 6.92 Å². The molecule has 0 saturated carbocycles. The number of nitrogens with zero attached hydrogens (tertiary/aromatic N) is 1. The third-order valence-corrected chi connectivity index (χ3v) is 6.55. The van der Waals surface area contributed by atoms with Gasteiger partial charge in [-0.1, -0.05) is 30.3 Å². The monoisotopic (exact) mass is 406 g/mol. The van der Waals surface area contributed by atoms with Gasteiger partial charge in [-0.15, -0.1) is 0 Å². The molecule has 2 N–H and O–H groups in total. The van der Waals surface area contributed by atoms with Gasteiger partial charge >= 0.3 is 5.97 Å². The molecule has 2 fully saturated rings. The van der Waals surface area contributed by atoms with Crippen LogP contribution in [-0.2, 0) is 25.7 Å². The smallest absolute Gasteiger partial charge is 0.330 e. The van der Waals surface area contributed by atoms with Crippen molar-refractivity contribution < 1.29 is 24.2 Å². The Hall–Kier alpha value is -2.06. The average Bonchev–Trinajstić information content (AvgIpc) is 2.98. The van der Waals surface area contributed by atoms with E-state index in [1.807, 2.05) is 30.3 Å². The lowest BCUT2D eigenvalue weighted by Gasteiger charge is -2.46. The second-order valence-corrected chi connectivity index (χ2v) is 8.59. The van der Waals surface area contributed by atoms with Crippen molar-refractivity contribution in [2.75, 3.05) is 12.3 Å². The summed E-state index contributed by atoms with van der Waals surface area (Å²) in [7, 11) is 0. The number of nitrogens with one attached hydrogen (secondary N) is 1. The lowest BCUT2D eigenvalue weighted by Crippen LogP contribution is -2.65. The van der Waals surface area contributed by atoms with Gasteiger partial charge in [-0.25, -0.2) is 4.79 Å². The number of hydrogen-bond acceptors (Lipinski definition) is 6. The summed E-state index contributed by atoms with van der Waals surface area (Å²) in [5.41, 5.74) is 0.886. The van der Waals surface area contributed by atoms with Crippen LogP contribution in [0, 0.1) is 5.92 Å². The molecule has 28 heavy (non-hydrogen) atoms. The maximum absolute atomic E-state index is 12.8. The van der Waals surface area contributed by atoms with Crippen LogP contribution in [0.1, 0.15) is 25.8 Å². The summed E-state index contributed by atoms with van der Waals surface area (Å²) < 4.78 is 5.51. The third-order valence-electron chi connectivity index (χ3n) is 5.23. The number of amides is 2. The van der Waals surface area contributed by atoms with Crippen molar-refractivity contribution in [2.45, 2.75) is 50.3 Å². The largest absolute Gasteiger partial charge is 0.459 e. The zero-order valence-electron chi connectivity index (χ0n) is 16.0. The Balaban J connectivity index is 1.65. The molecule has 1 aromatic rings. The van der Waals surface area contributed by atoms with Crippen molar-refractivity contribution in [1.29, 1.82) is 0 Å². The number of thioether (sulfide) groups is 1. The fourth-order valence-electron chi connectivity index (χ4n) is 3.94. The van der Waals surface area contributed by atoms with Crippen LogP contribution < -0.4 is 5.32 Å². The van der Waals surface area contributed by atoms with E-state index < -0.39 is 24.0 Å². The first-order chi connectivity index (χ1) is 13.4. The van der Waals surface area contributed by atoms with Crippen LogP contribution in [0.4, 0.5) is 0 Å². The van der Waals surface area contributed by atoms with E-state index in [0.29, 0.717) is 18.7 Å². The summed E-state index contributed by atoms with van der Waals surface area (Å²) in [5.74, 6) is -0.516. The van der Waals surface area contributed by atoms with E-state index in [-0.39, 0.29) is 29.7 Å². The van der Waals surface area contributed by atoms with E-state index in [9.17, 15) is 19.5 Å². The van der Waals surface area contributed by atoms with Crippen molar-refractivity contribution >= 4 is 29.5 Å². The molecule has 1 aromatic carbocycles. The highest BCUT2D eigenvalue weighted by Gasteiger charge is 2.61. The van der Waals surface area contributed by atoms with Crippen LogP contribution in [-0.4, -0.2) is 63.5 Å². The second kappa shape index (κ2) is 8.96. The normalized spacial score (nSPS) is 27.0. The van der Waals surface area contributed by atoms with E-state index in [1.54, 1.807) is 23.6 Å². The topological polar surface area (TPSA) is 95.9 Å². The van der Waals surface area contributed by atoms with Crippen molar-refractivity contribution in [3.63, 3.8) is 0 Å². The number of carbonyl (C=O) groups excluding carboxylic acids is 3. The molecule has 2 amide bonds. The van der Waals surface area contributed by atoms with E-state index in [0.717, 1.165) is 5.56 Å². The SMILES string of the molecule is CC(=O)NCCSC1CC2C(C(C)O)C(=O)N2C1C(=O)OCc1ccccc1. The molecule has 0 bridgehead atoms. The molecule has 2 aliphatic heterocycles. The molecule has 5 atom stereocenters. The second-order valence-electron chi connectivity index (χ2n) is 7.25. The molecule has 2 aliphatic rings. The third kappa shape index (κ3) is 4.33. The molecule has 5 unspecified atom stereocenters. The molecular weight excluding hydrogens is 380 g/mol. The van der Waals surface area contributed by atoms with Crippen molar-refractivity contribution in [1.82, 2.24) is 10.2 Å². The Kier molecular flexibility index (Phi) is 6.61. The molecule has 8 heteroatoms. The van der Waals surface area contributed by atoms with E-state index in [4.69, 9.17) is 4.74 Å². The minimum Gasteiger partial charge on any atom is -0.459 e. The Bertz CT molecular complexity index is 727. The molecule has 0 aliphatic carbocycles. The van der Waals surface area contributed by atoms with Crippen LogP contribution in [0.5, 0.6) is 0 Å². The number of carbonyl (C=O) groups is 3. The number of fused-ring (bicyclic) bond motifs is 1. The average molecular weight is 407 g/mol. The quantitative estimate of drug-likeness (QED) is 0.379. The van der Waals surface area contributed by atoms with Gasteiger partial charge in [0.25, 0.3) is 0 Å². The fourth-order valence-corrected chi connectivity index (χ4v) is 5.22. The van der Waals surface area contributed by atoms with E-state index >= 15 is 0 Å². The summed E-state index contributed by atoms with van der Waals surface area (Å²) in [4.78, 5) is 38.0. The van der Waals surface area contributed by atoms with Gasteiger partial charge in [0.05, 0.1) is 12.0 Å². The first kappa shape index (κ1) is 20.7. The van der Waals surface area contributed by atoms with Gasteiger partial charge in [-0.2, -0.15) is 11.8 Å². The number of benzene rings is 1. The minimum atomic E-state index is -0.738. The highest BCUT2D eigenvalue weighted by molar-refractivity contribution is 8.00. The minimum absolute atomic E-state index is 0.0981. The summed E-state index contributed by atoms with van der Waals surface area (Å²) >= 11 is 1.56. The molecule has 0 aromatic heterocycles. The van der Waals surface area contributed by atoms with Gasteiger partial charge in [0, 0.05) is 30.5 Å². The van der Waals surface area contributed by atoms with Crippen LogP contribution in [0.2, 0.25) is 0 Å². The first-order valence-corrected chi connectivity index (χ1v) is 10.5. The Morgan fingerprint density at radius 1 is 1.36 bits per heavy atom. The Labute approximate surface area is 168 Å². The summed E-state index contributed by atoms with van der Waals surface area (Å²) in [6.07, 6.45) is -0.102. The van der Waals surface area contributed by atoms with Crippen LogP contribution in [0.25, 0.3) is 0 Å². The number of rotatable bonds is 8. The molecule has 152 valence electrons. The van der Waals surface area contributed by atoms with Crippen LogP contribution in [0.15, 0.2) is 30.3 Å². The van der Waals surface area contributed by atoms with Gasteiger partial charge in [0.1, 0.15) is 12.6 Å². The molecule has 0 radical (unpaired) electrons. The first-order valence-electron chi connectivity index (χ1n) is 9.47. The van der Waals surface area contributed by atoms with Gasteiger partial charge in [0.15, 0.2) is 0 Å². The summed E-state index contributed by atoms with van der Waals surface area (Å²) in [6.45, 7) is 3.73. The van der Waals surface area contributed by atoms with Gasteiger partial charge < -0.3 is 20.1 Å². The molecule has 2 heterocycles.